The second-order valence-electron chi connectivity index (χ2n) is 11.7. The topological polar surface area (TPSA) is 55.2 Å². The van der Waals surface area contributed by atoms with Crippen molar-refractivity contribution in [2.24, 2.45) is 5.41 Å². The molecule has 0 radical (unpaired) electrons. The summed E-state index contributed by atoms with van der Waals surface area (Å²) >= 11 is 0. The third-order valence-electron chi connectivity index (χ3n) is 7.89. The predicted molar refractivity (Wildman–Crippen MR) is 123 cm³/mol. The highest BCUT2D eigenvalue weighted by atomic mass is 19.4. The molecule has 1 spiro atoms. The maximum absolute atomic E-state index is 14.3. The lowest BCUT2D eigenvalue weighted by Crippen LogP contribution is -2.38. The Morgan fingerprint density at radius 1 is 1.06 bits per heavy atom. The van der Waals surface area contributed by atoms with Crippen molar-refractivity contribution in [2.45, 2.75) is 102 Å². The summed E-state index contributed by atoms with van der Waals surface area (Å²) in [6.45, 7) is 8.06. The Morgan fingerprint density at radius 2 is 1.72 bits per heavy atom. The molecule has 0 aromatic carbocycles. The zero-order valence-corrected chi connectivity index (χ0v) is 20.8. The van der Waals surface area contributed by atoms with Gasteiger partial charge < -0.3 is 9.84 Å². The van der Waals surface area contributed by atoms with Crippen LogP contribution in [0.15, 0.2) is 18.3 Å². The van der Waals surface area contributed by atoms with Crippen LogP contribution in [-0.4, -0.2) is 21.0 Å². The molecule has 0 amide bonds. The van der Waals surface area contributed by atoms with Crippen LogP contribution in [0.2, 0.25) is 0 Å². The minimum atomic E-state index is -4.53. The van der Waals surface area contributed by atoms with E-state index in [1.54, 1.807) is 0 Å². The molecule has 2 atom stereocenters. The highest BCUT2D eigenvalue weighted by Crippen LogP contribution is 2.60. The number of aliphatic hydroxyl groups is 1. The molecule has 9 heteroatoms. The Bertz CT molecular complexity index is 1160. The predicted octanol–water partition coefficient (Wildman–Crippen LogP) is 7.15. The van der Waals surface area contributed by atoms with E-state index in [-0.39, 0.29) is 42.7 Å². The van der Waals surface area contributed by atoms with Crippen LogP contribution in [0.5, 0.6) is 0 Å². The van der Waals surface area contributed by atoms with Crippen LogP contribution < -0.4 is 0 Å². The van der Waals surface area contributed by atoms with Gasteiger partial charge in [0.1, 0.15) is 6.10 Å². The first-order valence-electron chi connectivity index (χ1n) is 12.5. The normalized spacial score (nSPS) is 26.2. The summed E-state index contributed by atoms with van der Waals surface area (Å²) in [4.78, 5) is 9.08. The molecule has 2 aliphatic carbocycles. The van der Waals surface area contributed by atoms with E-state index < -0.39 is 35.5 Å². The second kappa shape index (κ2) is 8.18. The number of alkyl halides is 5. The molecule has 1 unspecified atom stereocenters. The molecule has 0 bridgehead atoms. The molecule has 5 rings (SSSR count). The lowest BCUT2D eigenvalue weighted by Gasteiger charge is -2.41. The number of hydrogen-bond donors (Lipinski definition) is 1. The van der Waals surface area contributed by atoms with Crippen molar-refractivity contribution in [1.29, 1.82) is 0 Å². The number of fused-ring (bicyclic) bond motifs is 4. The van der Waals surface area contributed by atoms with Crippen molar-refractivity contribution in [3.8, 4) is 0 Å². The van der Waals surface area contributed by atoms with Gasteiger partial charge in [-0.1, -0.05) is 27.7 Å². The Morgan fingerprint density at radius 3 is 2.28 bits per heavy atom. The first kappa shape index (κ1) is 25.5. The molecule has 3 aliphatic rings. The zero-order valence-electron chi connectivity index (χ0n) is 20.8. The average molecular weight is 511 g/mol. The standard InChI is InChI=1S/C27H31F5N2O2/c1-14(2)22-20-21(19-17(34-22)11-24(3,4)12-18(19)35)25(7-9-26(28,29)10-8-25)36-23(20)16-6-5-15(13-33-16)27(30,31)32/h5-6,13-14,18,23,35H,7-12H2,1-4H3/t18?,23-/m1/s1. The molecule has 1 saturated carbocycles. The molecule has 1 N–H and O–H groups in total. The van der Waals surface area contributed by atoms with Gasteiger partial charge in [-0.05, 0) is 54.7 Å². The molecule has 4 nitrogen and oxygen atoms in total. The molecule has 2 aromatic rings. The van der Waals surface area contributed by atoms with Gasteiger partial charge in [0.05, 0.1) is 23.0 Å². The van der Waals surface area contributed by atoms with Gasteiger partial charge >= 0.3 is 6.18 Å². The SMILES string of the molecule is CC(C)c1nc2c(c3c1[C@@H](c1ccc(C(F)(F)F)cn1)OC31CCC(F)(F)CC1)C(O)CC(C)(C)C2. The highest BCUT2D eigenvalue weighted by molar-refractivity contribution is 5.53. The maximum Gasteiger partial charge on any atom is 0.417 e. The van der Waals surface area contributed by atoms with Gasteiger partial charge in [-0.3, -0.25) is 9.97 Å². The first-order chi connectivity index (χ1) is 16.6. The molecular formula is C27H31F5N2O2. The van der Waals surface area contributed by atoms with Crippen molar-refractivity contribution in [3.05, 3.63) is 57.7 Å². The van der Waals surface area contributed by atoms with Gasteiger partial charge in [0, 0.05) is 41.6 Å². The number of rotatable bonds is 2. The van der Waals surface area contributed by atoms with Crippen LogP contribution in [-0.2, 0) is 22.9 Å². The molecule has 196 valence electrons. The van der Waals surface area contributed by atoms with Crippen molar-refractivity contribution in [2.75, 3.05) is 0 Å². The Kier molecular flexibility index (Phi) is 5.80. The Labute approximate surface area is 207 Å². The summed E-state index contributed by atoms with van der Waals surface area (Å²) in [6.07, 6.45) is -4.97. The molecule has 0 saturated heterocycles. The summed E-state index contributed by atoms with van der Waals surface area (Å²) in [7, 11) is 0. The number of ether oxygens (including phenoxy) is 1. The Hall–Kier alpha value is -2.13. The van der Waals surface area contributed by atoms with Crippen LogP contribution in [0, 0.1) is 5.41 Å². The summed E-state index contributed by atoms with van der Waals surface area (Å²) in [5, 5.41) is 11.3. The van der Waals surface area contributed by atoms with Crippen LogP contribution in [0.1, 0.15) is 117 Å². The van der Waals surface area contributed by atoms with Crippen molar-refractivity contribution in [3.63, 3.8) is 0 Å². The van der Waals surface area contributed by atoms with Gasteiger partial charge in [-0.25, -0.2) is 8.78 Å². The van der Waals surface area contributed by atoms with E-state index in [0.29, 0.717) is 29.5 Å². The van der Waals surface area contributed by atoms with E-state index in [4.69, 9.17) is 9.72 Å². The lowest BCUT2D eigenvalue weighted by atomic mass is 9.68. The fourth-order valence-electron chi connectivity index (χ4n) is 6.19. The van der Waals surface area contributed by atoms with E-state index in [9.17, 15) is 27.1 Å². The van der Waals surface area contributed by atoms with Gasteiger partial charge in [-0.2, -0.15) is 13.2 Å². The van der Waals surface area contributed by atoms with Crippen molar-refractivity contribution in [1.82, 2.24) is 9.97 Å². The monoisotopic (exact) mass is 510 g/mol. The van der Waals surface area contributed by atoms with Crippen LogP contribution in [0.3, 0.4) is 0 Å². The number of pyridine rings is 2. The number of hydrogen-bond acceptors (Lipinski definition) is 4. The molecular weight excluding hydrogens is 479 g/mol. The van der Waals surface area contributed by atoms with E-state index in [0.717, 1.165) is 23.7 Å². The molecule has 2 aromatic heterocycles. The third-order valence-corrected chi connectivity index (χ3v) is 7.89. The average Bonchev–Trinajstić information content (AvgIpc) is 3.09. The molecule has 1 fully saturated rings. The van der Waals surface area contributed by atoms with E-state index in [2.05, 4.69) is 18.8 Å². The van der Waals surface area contributed by atoms with Gasteiger partial charge in [0.25, 0.3) is 0 Å². The molecule has 36 heavy (non-hydrogen) atoms. The largest absolute Gasteiger partial charge is 0.417 e. The highest BCUT2D eigenvalue weighted by Gasteiger charge is 2.55. The minimum absolute atomic E-state index is 0.0498. The van der Waals surface area contributed by atoms with E-state index >= 15 is 0 Å². The zero-order chi connectivity index (χ0) is 26.3. The van der Waals surface area contributed by atoms with Crippen molar-refractivity contribution < 1.29 is 31.8 Å². The van der Waals surface area contributed by atoms with Crippen LogP contribution in [0.4, 0.5) is 22.0 Å². The number of aromatic nitrogens is 2. The maximum atomic E-state index is 14.3. The minimum Gasteiger partial charge on any atom is -0.388 e. The summed E-state index contributed by atoms with van der Waals surface area (Å²) in [5.41, 5.74) is 1.62. The quantitative estimate of drug-likeness (QED) is 0.436. The molecule has 3 heterocycles. The molecule has 1 aliphatic heterocycles. The van der Waals surface area contributed by atoms with Crippen molar-refractivity contribution >= 4 is 0 Å². The van der Waals surface area contributed by atoms with Gasteiger partial charge in [0.15, 0.2) is 0 Å². The van der Waals surface area contributed by atoms with Gasteiger partial charge in [-0.15, -0.1) is 0 Å². The number of aliphatic hydroxyl groups excluding tert-OH is 1. The van der Waals surface area contributed by atoms with Gasteiger partial charge in [0.2, 0.25) is 5.92 Å². The smallest absolute Gasteiger partial charge is 0.388 e. The summed E-state index contributed by atoms with van der Waals surface area (Å²) in [6, 6.07) is 2.25. The summed E-state index contributed by atoms with van der Waals surface area (Å²) < 4.78 is 74.7. The fraction of sp³-hybridized carbons (Fsp3) is 0.630. The Balaban J connectivity index is 1.73. The van der Waals surface area contributed by atoms with Crippen LogP contribution >= 0.6 is 0 Å². The van der Waals surface area contributed by atoms with E-state index in [1.807, 2.05) is 13.8 Å². The summed E-state index contributed by atoms with van der Waals surface area (Å²) in [5.74, 6) is -2.87. The number of halogens is 5. The lowest BCUT2D eigenvalue weighted by molar-refractivity contribution is -0.142. The van der Waals surface area contributed by atoms with E-state index in [1.165, 1.54) is 6.07 Å². The van der Waals surface area contributed by atoms with Crippen LogP contribution in [0.25, 0.3) is 0 Å². The second-order valence-corrected chi connectivity index (χ2v) is 11.7. The third kappa shape index (κ3) is 4.22. The fourth-order valence-corrected chi connectivity index (χ4v) is 6.19. The number of nitrogens with zero attached hydrogens (tertiary/aromatic N) is 2. The first-order valence-corrected chi connectivity index (χ1v) is 12.5.